The van der Waals surface area contributed by atoms with Crippen molar-refractivity contribution in [3.63, 3.8) is 0 Å². The van der Waals surface area contributed by atoms with Gasteiger partial charge in [0.05, 0.1) is 6.04 Å². The molecule has 0 saturated heterocycles. The summed E-state index contributed by atoms with van der Waals surface area (Å²) >= 11 is 6.04. The normalized spacial score (nSPS) is 12.2. The molecule has 1 aromatic carbocycles. The van der Waals surface area contributed by atoms with Gasteiger partial charge >= 0.3 is 6.09 Å². The fourth-order valence-corrected chi connectivity index (χ4v) is 3.10. The SMILES string of the molecule is CC(Nc1nccc(N(C(=O)O)C(C)C)n1)c1cc2cc(Cl)ccc2[nH]c1=O. The van der Waals surface area contributed by atoms with Crippen LogP contribution in [-0.4, -0.2) is 32.2 Å². The lowest BCUT2D eigenvalue weighted by molar-refractivity contribution is 0.200. The van der Waals surface area contributed by atoms with Gasteiger partial charge in [-0.3, -0.25) is 9.69 Å². The predicted molar refractivity (Wildman–Crippen MR) is 109 cm³/mol. The van der Waals surface area contributed by atoms with Crippen LogP contribution in [0.5, 0.6) is 0 Å². The van der Waals surface area contributed by atoms with Crippen molar-refractivity contribution in [1.82, 2.24) is 15.0 Å². The van der Waals surface area contributed by atoms with E-state index in [4.69, 9.17) is 11.6 Å². The molecule has 28 heavy (non-hydrogen) atoms. The first-order valence-electron chi connectivity index (χ1n) is 8.70. The number of carboxylic acid groups (broad SMARTS) is 1. The van der Waals surface area contributed by atoms with Crippen LogP contribution in [0.4, 0.5) is 16.6 Å². The van der Waals surface area contributed by atoms with Crippen molar-refractivity contribution in [2.24, 2.45) is 0 Å². The van der Waals surface area contributed by atoms with E-state index < -0.39 is 12.1 Å². The number of hydrogen-bond donors (Lipinski definition) is 3. The summed E-state index contributed by atoms with van der Waals surface area (Å²) in [6.45, 7) is 5.31. The number of nitrogens with zero attached hydrogens (tertiary/aromatic N) is 3. The molecule has 8 nitrogen and oxygen atoms in total. The second kappa shape index (κ2) is 7.85. The largest absolute Gasteiger partial charge is 0.465 e. The number of hydrogen-bond acceptors (Lipinski definition) is 5. The lowest BCUT2D eigenvalue weighted by Gasteiger charge is -2.23. The molecule has 3 aromatic rings. The van der Waals surface area contributed by atoms with Crippen LogP contribution in [0.1, 0.15) is 32.4 Å². The molecule has 9 heteroatoms. The highest BCUT2D eigenvalue weighted by Gasteiger charge is 2.20. The number of halogens is 1. The van der Waals surface area contributed by atoms with E-state index in [0.717, 1.165) is 10.3 Å². The summed E-state index contributed by atoms with van der Waals surface area (Å²) in [7, 11) is 0. The first-order valence-corrected chi connectivity index (χ1v) is 9.08. The zero-order chi connectivity index (χ0) is 20.4. The number of aromatic nitrogens is 3. The van der Waals surface area contributed by atoms with E-state index in [-0.39, 0.29) is 23.4 Å². The van der Waals surface area contributed by atoms with Crippen molar-refractivity contribution in [3.8, 4) is 0 Å². The van der Waals surface area contributed by atoms with Gasteiger partial charge in [-0.1, -0.05) is 11.6 Å². The van der Waals surface area contributed by atoms with Crippen molar-refractivity contribution in [3.05, 3.63) is 57.5 Å². The summed E-state index contributed by atoms with van der Waals surface area (Å²) in [6, 6.07) is 7.82. The number of aromatic amines is 1. The Labute approximate surface area is 166 Å². The van der Waals surface area contributed by atoms with Gasteiger partial charge in [-0.05, 0) is 51.1 Å². The lowest BCUT2D eigenvalue weighted by atomic mass is 10.1. The highest BCUT2D eigenvalue weighted by Crippen LogP contribution is 2.22. The zero-order valence-corrected chi connectivity index (χ0v) is 16.4. The summed E-state index contributed by atoms with van der Waals surface area (Å²) in [4.78, 5) is 36.3. The average molecular weight is 402 g/mol. The summed E-state index contributed by atoms with van der Waals surface area (Å²) in [6.07, 6.45) is 0.371. The first-order chi connectivity index (χ1) is 13.3. The number of benzene rings is 1. The van der Waals surface area contributed by atoms with Gasteiger partial charge in [0, 0.05) is 33.7 Å². The Kier molecular flexibility index (Phi) is 5.51. The Hall–Kier alpha value is -3.13. The number of nitrogens with one attached hydrogen (secondary N) is 2. The Morgan fingerprint density at radius 1 is 1.25 bits per heavy atom. The Morgan fingerprint density at radius 2 is 2.00 bits per heavy atom. The van der Waals surface area contributed by atoms with Crippen molar-refractivity contribution in [2.75, 3.05) is 10.2 Å². The molecule has 0 aliphatic rings. The van der Waals surface area contributed by atoms with E-state index in [0.29, 0.717) is 16.1 Å². The minimum Gasteiger partial charge on any atom is -0.465 e. The number of H-pyrrole nitrogens is 1. The van der Waals surface area contributed by atoms with Crippen molar-refractivity contribution in [1.29, 1.82) is 0 Å². The average Bonchev–Trinajstić information content (AvgIpc) is 2.61. The van der Waals surface area contributed by atoms with Gasteiger partial charge in [0.25, 0.3) is 5.56 Å². The quantitative estimate of drug-likeness (QED) is 0.595. The maximum absolute atomic E-state index is 12.4. The number of pyridine rings is 1. The third-order valence-electron chi connectivity index (χ3n) is 4.26. The molecular weight excluding hydrogens is 382 g/mol. The van der Waals surface area contributed by atoms with Crippen molar-refractivity contribution in [2.45, 2.75) is 32.9 Å². The summed E-state index contributed by atoms with van der Waals surface area (Å²) in [5.41, 5.74) is 0.945. The van der Waals surface area contributed by atoms with Crippen molar-refractivity contribution >= 4 is 40.4 Å². The summed E-state index contributed by atoms with van der Waals surface area (Å²) < 4.78 is 0. The molecule has 3 N–H and O–H groups in total. The minimum absolute atomic E-state index is 0.225. The van der Waals surface area contributed by atoms with Crippen LogP contribution in [0.2, 0.25) is 5.02 Å². The maximum Gasteiger partial charge on any atom is 0.413 e. The first kappa shape index (κ1) is 19.6. The Bertz CT molecular complexity index is 1080. The molecular formula is C19H20ClN5O3. The maximum atomic E-state index is 12.4. The number of anilines is 2. The van der Waals surface area contributed by atoms with Gasteiger partial charge < -0.3 is 15.4 Å². The van der Waals surface area contributed by atoms with E-state index in [2.05, 4.69) is 20.3 Å². The molecule has 0 bridgehead atoms. The third kappa shape index (κ3) is 4.07. The molecule has 0 spiro atoms. The van der Waals surface area contributed by atoms with E-state index in [1.54, 1.807) is 45.0 Å². The molecule has 2 heterocycles. The fraction of sp³-hybridized carbons (Fsp3) is 0.263. The molecule has 3 rings (SSSR count). The number of amides is 1. The van der Waals surface area contributed by atoms with Gasteiger partial charge in [-0.15, -0.1) is 0 Å². The van der Waals surface area contributed by atoms with Gasteiger partial charge in [-0.25, -0.2) is 9.78 Å². The van der Waals surface area contributed by atoms with Crippen LogP contribution in [0.15, 0.2) is 41.3 Å². The second-order valence-electron chi connectivity index (χ2n) is 6.64. The molecule has 0 fully saturated rings. The third-order valence-corrected chi connectivity index (χ3v) is 4.49. The van der Waals surface area contributed by atoms with Crippen molar-refractivity contribution < 1.29 is 9.90 Å². The minimum atomic E-state index is -1.10. The smallest absolute Gasteiger partial charge is 0.413 e. The number of fused-ring (bicyclic) bond motifs is 1. The second-order valence-corrected chi connectivity index (χ2v) is 7.07. The number of carbonyl (C=O) groups is 1. The standard InChI is InChI=1S/C19H20ClN5O3/c1-10(2)25(19(27)28)16-6-7-21-18(24-16)22-11(3)14-9-12-8-13(20)4-5-15(12)23-17(14)26/h4-11H,1-3H3,(H,23,26)(H,27,28)(H,21,22,24). The molecule has 1 amide bonds. The van der Waals surface area contributed by atoms with Crippen LogP contribution >= 0.6 is 11.6 Å². The van der Waals surface area contributed by atoms with Crippen LogP contribution in [-0.2, 0) is 0 Å². The Morgan fingerprint density at radius 3 is 2.68 bits per heavy atom. The lowest BCUT2D eigenvalue weighted by Crippen LogP contribution is -2.36. The molecule has 0 saturated carbocycles. The van der Waals surface area contributed by atoms with E-state index in [1.807, 2.05) is 0 Å². The van der Waals surface area contributed by atoms with Crippen LogP contribution in [0.3, 0.4) is 0 Å². The van der Waals surface area contributed by atoms with E-state index >= 15 is 0 Å². The van der Waals surface area contributed by atoms with Gasteiger partial charge in [-0.2, -0.15) is 4.98 Å². The zero-order valence-electron chi connectivity index (χ0n) is 15.6. The fourth-order valence-electron chi connectivity index (χ4n) is 2.92. The highest BCUT2D eigenvalue weighted by molar-refractivity contribution is 6.31. The molecule has 0 aliphatic carbocycles. The molecule has 0 radical (unpaired) electrons. The molecule has 2 aromatic heterocycles. The van der Waals surface area contributed by atoms with E-state index in [1.165, 1.54) is 12.3 Å². The summed E-state index contributed by atoms with van der Waals surface area (Å²) in [5, 5.41) is 13.8. The van der Waals surface area contributed by atoms with Gasteiger partial charge in [0.15, 0.2) is 0 Å². The van der Waals surface area contributed by atoms with Crippen LogP contribution in [0, 0.1) is 0 Å². The molecule has 146 valence electrons. The molecule has 1 unspecified atom stereocenters. The predicted octanol–water partition coefficient (Wildman–Crippen LogP) is 4.04. The molecule has 1 atom stereocenters. The van der Waals surface area contributed by atoms with Gasteiger partial charge in [0.1, 0.15) is 5.82 Å². The topological polar surface area (TPSA) is 111 Å². The summed E-state index contributed by atoms with van der Waals surface area (Å²) in [5.74, 6) is 0.480. The number of rotatable bonds is 5. The van der Waals surface area contributed by atoms with Gasteiger partial charge in [0.2, 0.25) is 5.95 Å². The monoisotopic (exact) mass is 401 g/mol. The van der Waals surface area contributed by atoms with Crippen LogP contribution in [0.25, 0.3) is 10.9 Å². The van der Waals surface area contributed by atoms with E-state index in [9.17, 15) is 14.7 Å². The van der Waals surface area contributed by atoms with Crippen LogP contribution < -0.4 is 15.8 Å². The highest BCUT2D eigenvalue weighted by atomic mass is 35.5. The molecule has 0 aliphatic heterocycles. The Balaban J connectivity index is 1.91.